The molecule has 3 rings (SSSR count). The molecular formula is C19H21N3O5. The normalized spacial score (nSPS) is 18.8. The van der Waals surface area contributed by atoms with Crippen molar-refractivity contribution in [1.82, 2.24) is 10.3 Å². The van der Waals surface area contributed by atoms with Gasteiger partial charge in [0.2, 0.25) is 11.4 Å². The molecule has 1 aliphatic rings. The van der Waals surface area contributed by atoms with Gasteiger partial charge in [0, 0.05) is 5.69 Å². The Balaban J connectivity index is 1.91. The Bertz CT molecular complexity index is 938. The van der Waals surface area contributed by atoms with E-state index in [4.69, 9.17) is 13.9 Å². The third-order valence-corrected chi connectivity index (χ3v) is 3.74. The number of carbonyl (C=O) groups excluding carboxylic acids is 2. The fraction of sp³-hybridized carbons (Fsp3) is 0.316. The van der Waals surface area contributed by atoms with Gasteiger partial charge in [-0.1, -0.05) is 6.08 Å². The van der Waals surface area contributed by atoms with Crippen LogP contribution in [0.3, 0.4) is 0 Å². The molecule has 2 N–H and O–H groups in total. The summed E-state index contributed by atoms with van der Waals surface area (Å²) in [5, 5.41) is 5.59. The summed E-state index contributed by atoms with van der Waals surface area (Å²) < 4.78 is 15.9. The molecule has 2 heterocycles. The zero-order chi connectivity index (χ0) is 19.7. The molecule has 0 bridgehead atoms. The van der Waals surface area contributed by atoms with Crippen LogP contribution >= 0.6 is 0 Å². The van der Waals surface area contributed by atoms with Gasteiger partial charge in [0.1, 0.15) is 11.1 Å². The van der Waals surface area contributed by atoms with Crippen molar-refractivity contribution >= 4 is 28.8 Å². The molecule has 0 spiro atoms. The molecule has 27 heavy (non-hydrogen) atoms. The Hall–Kier alpha value is -3.29. The predicted octanol–water partition coefficient (Wildman–Crippen LogP) is 3.22. The lowest BCUT2D eigenvalue weighted by molar-refractivity contribution is -0.147. The van der Waals surface area contributed by atoms with Gasteiger partial charge >= 0.3 is 12.1 Å². The van der Waals surface area contributed by atoms with Crippen molar-refractivity contribution < 1.29 is 23.5 Å². The Morgan fingerprint density at radius 2 is 2.04 bits per heavy atom. The summed E-state index contributed by atoms with van der Waals surface area (Å²) in [6.07, 6.45) is 6.11. The number of carbonyl (C=O) groups is 2. The zero-order valence-electron chi connectivity index (χ0n) is 15.5. The monoisotopic (exact) mass is 371 g/mol. The Kier molecular flexibility index (Phi) is 4.65. The van der Waals surface area contributed by atoms with Crippen molar-refractivity contribution in [1.29, 1.82) is 0 Å². The lowest BCUT2D eigenvalue weighted by Crippen LogP contribution is -2.47. The number of dihydropyridines is 1. The van der Waals surface area contributed by atoms with Crippen LogP contribution in [0.25, 0.3) is 11.1 Å². The Morgan fingerprint density at radius 3 is 2.67 bits per heavy atom. The highest BCUT2D eigenvalue weighted by Crippen LogP contribution is 2.30. The molecule has 0 saturated heterocycles. The quantitative estimate of drug-likeness (QED) is 0.799. The smallest absolute Gasteiger partial charge is 0.412 e. The molecule has 1 atom stereocenters. The van der Waals surface area contributed by atoms with E-state index in [2.05, 4.69) is 15.6 Å². The van der Waals surface area contributed by atoms with Crippen LogP contribution in [0.1, 0.15) is 26.7 Å². The standard InChI is InChI=1S/C19H21N3O5/c1-18(2,3)27-17(24)21-12-7-8-14-13(11-12)22-15(26-14)19(16(23)25-4)9-5-6-10-20-19/h5-11,20H,1-4H3,(H,21,24). The van der Waals surface area contributed by atoms with Crippen LogP contribution in [0.15, 0.2) is 47.0 Å². The van der Waals surface area contributed by atoms with Gasteiger partial charge in [0.15, 0.2) is 5.58 Å². The van der Waals surface area contributed by atoms with Gasteiger partial charge in [-0.2, -0.15) is 0 Å². The van der Waals surface area contributed by atoms with Crippen LogP contribution in [0, 0.1) is 0 Å². The SMILES string of the molecule is COC(=O)C1(c2nc3cc(NC(=O)OC(C)(C)C)ccc3o2)C=CC=CN1. The van der Waals surface area contributed by atoms with Gasteiger partial charge < -0.3 is 19.2 Å². The number of oxazole rings is 1. The second-order valence-corrected chi connectivity index (χ2v) is 6.99. The summed E-state index contributed by atoms with van der Waals surface area (Å²) in [5.41, 5.74) is -0.509. The average molecular weight is 371 g/mol. The molecule has 1 aromatic heterocycles. The van der Waals surface area contributed by atoms with Crippen LogP contribution in [0.2, 0.25) is 0 Å². The van der Waals surface area contributed by atoms with Gasteiger partial charge in [0.05, 0.1) is 7.11 Å². The van der Waals surface area contributed by atoms with Crippen LogP contribution in [0.5, 0.6) is 0 Å². The third-order valence-electron chi connectivity index (χ3n) is 3.74. The van der Waals surface area contributed by atoms with Gasteiger partial charge in [-0.15, -0.1) is 0 Å². The minimum Gasteiger partial charge on any atom is -0.467 e. The molecule has 1 aromatic carbocycles. The maximum Gasteiger partial charge on any atom is 0.412 e. The molecular weight excluding hydrogens is 350 g/mol. The number of rotatable bonds is 3. The van der Waals surface area contributed by atoms with Gasteiger partial charge in [-0.05, 0) is 57.3 Å². The molecule has 2 aromatic rings. The van der Waals surface area contributed by atoms with E-state index >= 15 is 0 Å². The van der Waals surface area contributed by atoms with Gasteiger partial charge in [0.25, 0.3) is 0 Å². The number of nitrogens with one attached hydrogen (secondary N) is 2. The maximum atomic E-state index is 12.4. The van der Waals surface area contributed by atoms with E-state index in [-0.39, 0.29) is 5.89 Å². The van der Waals surface area contributed by atoms with Gasteiger partial charge in [-0.3, -0.25) is 5.32 Å². The number of amides is 1. The Labute approximate surface area is 156 Å². The molecule has 1 amide bonds. The van der Waals surface area contributed by atoms with Crippen LogP contribution in [-0.4, -0.2) is 29.8 Å². The molecule has 8 heteroatoms. The number of allylic oxidation sites excluding steroid dienone is 2. The summed E-state index contributed by atoms with van der Waals surface area (Å²) >= 11 is 0. The molecule has 0 fully saturated rings. The molecule has 0 aliphatic carbocycles. The van der Waals surface area contributed by atoms with E-state index in [1.165, 1.54) is 7.11 Å². The van der Waals surface area contributed by atoms with Crippen LogP contribution < -0.4 is 10.6 Å². The molecule has 0 saturated carbocycles. The van der Waals surface area contributed by atoms with E-state index in [0.717, 1.165) is 0 Å². The summed E-state index contributed by atoms with van der Waals surface area (Å²) in [5.74, 6) is -0.416. The van der Waals surface area contributed by atoms with E-state index in [9.17, 15) is 9.59 Å². The first-order valence-electron chi connectivity index (χ1n) is 8.35. The number of benzene rings is 1. The molecule has 1 aliphatic heterocycles. The number of hydrogen-bond acceptors (Lipinski definition) is 7. The fourth-order valence-corrected chi connectivity index (χ4v) is 2.59. The number of ether oxygens (including phenoxy) is 2. The van der Waals surface area contributed by atoms with E-state index in [1.807, 2.05) is 0 Å². The van der Waals surface area contributed by atoms with Crippen LogP contribution in [-0.2, 0) is 19.8 Å². The van der Waals surface area contributed by atoms with Crippen molar-refractivity contribution in [2.75, 3.05) is 12.4 Å². The highest BCUT2D eigenvalue weighted by Gasteiger charge is 2.44. The number of esters is 1. The lowest BCUT2D eigenvalue weighted by Gasteiger charge is -2.26. The number of hydrogen-bond donors (Lipinski definition) is 2. The number of methoxy groups -OCH3 is 1. The molecule has 142 valence electrons. The maximum absolute atomic E-state index is 12.4. The largest absolute Gasteiger partial charge is 0.467 e. The topological polar surface area (TPSA) is 103 Å². The summed E-state index contributed by atoms with van der Waals surface area (Å²) in [7, 11) is 1.30. The van der Waals surface area contributed by atoms with E-state index in [1.54, 1.807) is 63.4 Å². The van der Waals surface area contributed by atoms with Crippen molar-refractivity contribution in [3.8, 4) is 0 Å². The zero-order valence-corrected chi connectivity index (χ0v) is 15.5. The first-order chi connectivity index (χ1) is 12.7. The fourth-order valence-electron chi connectivity index (χ4n) is 2.59. The Morgan fingerprint density at radius 1 is 1.26 bits per heavy atom. The predicted molar refractivity (Wildman–Crippen MR) is 99.0 cm³/mol. The highest BCUT2D eigenvalue weighted by molar-refractivity contribution is 5.89. The first-order valence-corrected chi connectivity index (χ1v) is 8.35. The second-order valence-electron chi connectivity index (χ2n) is 6.99. The number of fused-ring (bicyclic) bond motifs is 1. The number of anilines is 1. The minimum absolute atomic E-state index is 0.138. The first kappa shape index (κ1) is 18.5. The lowest BCUT2D eigenvalue weighted by atomic mass is 9.97. The van der Waals surface area contributed by atoms with Crippen molar-refractivity contribution in [3.05, 3.63) is 48.5 Å². The number of nitrogens with zero attached hydrogens (tertiary/aromatic N) is 1. The minimum atomic E-state index is -1.35. The highest BCUT2D eigenvalue weighted by atomic mass is 16.6. The van der Waals surface area contributed by atoms with Crippen molar-refractivity contribution in [2.45, 2.75) is 31.9 Å². The van der Waals surface area contributed by atoms with Crippen LogP contribution in [0.4, 0.5) is 10.5 Å². The number of aromatic nitrogens is 1. The van der Waals surface area contributed by atoms with Crippen molar-refractivity contribution in [2.24, 2.45) is 0 Å². The molecule has 1 unspecified atom stereocenters. The summed E-state index contributed by atoms with van der Waals surface area (Å²) in [6, 6.07) is 4.96. The molecule has 0 radical (unpaired) electrons. The van der Waals surface area contributed by atoms with E-state index in [0.29, 0.717) is 16.8 Å². The van der Waals surface area contributed by atoms with E-state index < -0.39 is 23.2 Å². The average Bonchev–Trinajstić information content (AvgIpc) is 3.03. The summed E-state index contributed by atoms with van der Waals surface area (Å²) in [4.78, 5) is 28.7. The second kappa shape index (κ2) is 6.79. The summed E-state index contributed by atoms with van der Waals surface area (Å²) in [6.45, 7) is 5.35. The third kappa shape index (κ3) is 3.79. The van der Waals surface area contributed by atoms with Crippen molar-refractivity contribution in [3.63, 3.8) is 0 Å². The molecule has 8 nitrogen and oxygen atoms in total. The van der Waals surface area contributed by atoms with Gasteiger partial charge in [-0.25, -0.2) is 14.6 Å².